The molecule has 6 heteroatoms. The summed E-state index contributed by atoms with van der Waals surface area (Å²) in [5, 5.41) is 9.16. The fourth-order valence-electron chi connectivity index (χ4n) is 4.23. The molecule has 0 bridgehead atoms. The second-order valence-electron chi connectivity index (χ2n) is 8.12. The average molecular weight is 409 g/mol. The van der Waals surface area contributed by atoms with Crippen molar-refractivity contribution < 1.29 is 0 Å². The molecule has 5 rings (SSSR count). The third-order valence-corrected chi connectivity index (χ3v) is 5.88. The molecule has 0 N–H and O–H groups in total. The van der Waals surface area contributed by atoms with Crippen LogP contribution in [-0.2, 0) is 19.5 Å². The largest absolute Gasteiger partial charge is 0.293 e. The molecule has 0 aliphatic carbocycles. The summed E-state index contributed by atoms with van der Waals surface area (Å²) in [6, 6.07) is 15.9. The lowest BCUT2D eigenvalue weighted by atomic mass is 10.0. The lowest BCUT2D eigenvalue weighted by Crippen LogP contribution is -2.31. The van der Waals surface area contributed by atoms with Gasteiger partial charge in [0.2, 0.25) is 0 Å². The SMILES string of the molecule is N#Cc1cccc(-c2cccc(CN3CCc4nc(C5=NCCCC5)ncc4C3)n2)c1. The Bertz CT molecular complexity index is 1180. The van der Waals surface area contributed by atoms with E-state index in [0.717, 1.165) is 73.2 Å². The van der Waals surface area contributed by atoms with E-state index >= 15 is 0 Å². The summed E-state index contributed by atoms with van der Waals surface area (Å²) in [5.74, 6) is 0.820. The van der Waals surface area contributed by atoms with Gasteiger partial charge in [0.05, 0.1) is 34.4 Å². The fraction of sp³-hybridized carbons (Fsp3) is 0.320. The first-order chi connectivity index (χ1) is 15.3. The molecule has 0 radical (unpaired) electrons. The minimum absolute atomic E-state index is 0.649. The molecule has 0 atom stereocenters. The zero-order valence-corrected chi connectivity index (χ0v) is 17.5. The monoisotopic (exact) mass is 408 g/mol. The molecule has 0 saturated carbocycles. The van der Waals surface area contributed by atoms with Crippen LogP contribution in [0.1, 0.15) is 47.6 Å². The second-order valence-corrected chi connectivity index (χ2v) is 8.12. The van der Waals surface area contributed by atoms with Gasteiger partial charge < -0.3 is 0 Å². The van der Waals surface area contributed by atoms with Crippen LogP contribution >= 0.6 is 0 Å². The van der Waals surface area contributed by atoms with Crippen molar-refractivity contribution in [3.05, 3.63) is 77.0 Å². The highest BCUT2D eigenvalue weighted by atomic mass is 15.1. The third-order valence-electron chi connectivity index (χ3n) is 5.88. The van der Waals surface area contributed by atoms with Gasteiger partial charge in [-0.3, -0.25) is 14.9 Å². The van der Waals surface area contributed by atoms with Crippen LogP contribution < -0.4 is 0 Å². The molecular weight excluding hydrogens is 384 g/mol. The van der Waals surface area contributed by atoms with Crippen LogP contribution in [0.5, 0.6) is 0 Å². The van der Waals surface area contributed by atoms with Crippen LogP contribution in [0.3, 0.4) is 0 Å². The Morgan fingerprint density at radius 1 is 1.03 bits per heavy atom. The number of benzene rings is 1. The molecule has 3 aromatic rings. The van der Waals surface area contributed by atoms with Gasteiger partial charge in [0.25, 0.3) is 0 Å². The first-order valence-corrected chi connectivity index (χ1v) is 10.9. The maximum absolute atomic E-state index is 9.16. The summed E-state index contributed by atoms with van der Waals surface area (Å²) in [6.45, 7) is 3.46. The number of rotatable bonds is 4. The predicted molar refractivity (Wildman–Crippen MR) is 119 cm³/mol. The predicted octanol–water partition coefficient (Wildman–Crippen LogP) is 3.94. The van der Waals surface area contributed by atoms with Crippen LogP contribution in [0.25, 0.3) is 11.3 Å². The van der Waals surface area contributed by atoms with Crippen LogP contribution in [0, 0.1) is 11.3 Å². The summed E-state index contributed by atoms with van der Waals surface area (Å²) < 4.78 is 0. The summed E-state index contributed by atoms with van der Waals surface area (Å²) in [5.41, 5.74) is 6.96. The van der Waals surface area contributed by atoms with E-state index in [2.05, 4.69) is 27.0 Å². The molecule has 31 heavy (non-hydrogen) atoms. The number of aliphatic imine (C=N–C) groups is 1. The van der Waals surface area contributed by atoms with Gasteiger partial charge in [-0.05, 0) is 43.5 Å². The number of fused-ring (bicyclic) bond motifs is 1. The Balaban J connectivity index is 1.30. The van der Waals surface area contributed by atoms with E-state index in [1.807, 2.05) is 42.6 Å². The molecule has 0 fully saturated rings. The quantitative estimate of drug-likeness (QED) is 0.653. The summed E-state index contributed by atoms with van der Waals surface area (Å²) in [7, 11) is 0. The molecule has 2 aliphatic rings. The lowest BCUT2D eigenvalue weighted by molar-refractivity contribution is 0.240. The van der Waals surface area contributed by atoms with E-state index in [4.69, 9.17) is 15.2 Å². The number of nitrogens with zero attached hydrogens (tertiary/aromatic N) is 6. The van der Waals surface area contributed by atoms with Gasteiger partial charge in [-0.2, -0.15) is 5.26 Å². The number of hydrogen-bond acceptors (Lipinski definition) is 6. The number of nitriles is 1. The third kappa shape index (κ3) is 4.37. The minimum Gasteiger partial charge on any atom is -0.293 e. The maximum Gasteiger partial charge on any atom is 0.173 e. The maximum atomic E-state index is 9.16. The van der Waals surface area contributed by atoms with Crippen molar-refractivity contribution >= 4 is 5.71 Å². The summed E-state index contributed by atoms with van der Waals surface area (Å²) >= 11 is 0. The van der Waals surface area contributed by atoms with Crippen molar-refractivity contribution in [2.24, 2.45) is 4.99 Å². The van der Waals surface area contributed by atoms with E-state index in [-0.39, 0.29) is 0 Å². The molecule has 1 aromatic carbocycles. The van der Waals surface area contributed by atoms with Gasteiger partial charge in [0, 0.05) is 49.9 Å². The number of pyridine rings is 1. The Labute approximate surface area is 182 Å². The van der Waals surface area contributed by atoms with Crippen molar-refractivity contribution in [1.82, 2.24) is 19.9 Å². The van der Waals surface area contributed by atoms with Crippen molar-refractivity contribution in [1.29, 1.82) is 5.26 Å². The van der Waals surface area contributed by atoms with Crippen molar-refractivity contribution in [3.63, 3.8) is 0 Å². The van der Waals surface area contributed by atoms with Crippen molar-refractivity contribution in [2.75, 3.05) is 13.1 Å². The Kier molecular flexibility index (Phi) is 5.51. The first-order valence-electron chi connectivity index (χ1n) is 10.9. The molecule has 0 spiro atoms. The normalized spacial score (nSPS) is 16.3. The molecule has 2 aliphatic heterocycles. The highest BCUT2D eigenvalue weighted by Gasteiger charge is 2.20. The zero-order valence-electron chi connectivity index (χ0n) is 17.5. The standard InChI is InChI=1S/C25H24N6/c26-14-18-5-3-6-19(13-18)22-9-4-7-21(29-22)17-31-12-10-23-20(16-31)15-28-25(30-23)24-8-1-2-11-27-24/h3-7,9,13,15H,1-2,8,10-12,16-17H2. The van der Waals surface area contributed by atoms with Gasteiger partial charge in [0.15, 0.2) is 5.82 Å². The van der Waals surface area contributed by atoms with Crippen molar-refractivity contribution in [3.8, 4) is 17.3 Å². The van der Waals surface area contributed by atoms with Gasteiger partial charge in [-0.1, -0.05) is 18.2 Å². The number of aromatic nitrogens is 3. The van der Waals surface area contributed by atoms with Crippen LogP contribution in [0.4, 0.5) is 0 Å². The van der Waals surface area contributed by atoms with Crippen LogP contribution in [0.2, 0.25) is 0 Å². The molecule has 2 aromatic heterocycles. The van der Waals surface area contributed by atoms with E-state index in [9.17, 15) is 0 Å². The molecular formula is C25H24N6. The fourth-order valence-corrected chi connectivity index (χ4v) is 4.23. The van der Waals surface area contributed by atoms with E-state index in [1.54, 1.807) is 0 Å². The molecule has 0 saturated heterocycles. The van der Waals surface area contributed by atoms with E-state index in [1.165, 1.54) is 18.4 Å². The van der Waals surface area contributed by atoms with Crippen molar-refractivity contribution in [2.45, 2.75) is 38.8 Å². The van der Waals surface area contributed by atoms with E-state index in [0.29, 0.717) is 5.56 Å². The van der Waals surface area contributed by atoms with Gasteiger partial charge in [-0.25, -0.2) is 9.97 Å². The second kappa shape index (κ2) is 8.75. The number of hydrogen-bond donors (Lipinski definition) is 0. The lowest BCUT2D eigenvalue weighted by Gasteiger charge is -2.28. The van der Waals surface area contributed by atoms with Crippen LogP contribution in [0.15, 0.2) is 53.7 Å². The Morgan fingerprint density at radius 2 is 1.97 bits per heavy atom. The highest BCUT2D eigenvalue weighted by Crippen LogP contribution is 2.22. The average Bonchev–Trinajstić information content (AvgIpc) is 2.84. The Hall–Kier alpha value is -3.43. The molecule has 154 valence electrons. The highest BCUT2D eigenvalue weighted by molar-refractivity contribution is 5.97. The van der Waals surface area contributed by atoms with E-state index < -0.39 is 0 Å². The van der Waals surface area contributed by atoms with Crippen LogP contribution in [-0.4, -0.2) is 38.7 Å². The molecule has 0 amide bonds. The molecule has 4 heterocycles. The smallest absolute Gasteiger partial charge is 0.173 e. The first kappa shape index (κ1) is 19.5. The van der Waals surface area contributed by atoms with Gasteiger partial charge in [0.1, 0.15) is 0 Å². The molecule has 6 nitrogen and oxygen atoms in total. The summed E-state index contributed by atoms with van der Waals surface area (Å²) in [4.78, 5) is 21.3. The minimum atomic E-state index is 0.649. The molecule has 0 unspecified atom stereocenters. The topological polar surface area (TPSA) is 78.1 Å². The van der Waals surface area contributed by atoms with Gasteiger partial charge in [-0.15, -0.1) is 0 Å². The Morgan fingerprint density at radius 3 is 2.84 bits per heavy atom. The zero-order chi connectivity index (χ0) is 21.0. The summed E-state index contributed by atoms with van der Waals surface area (Å²) in [6.07, 6.45) is 6.24. The van der Waals surface area contributed by atoms with Gasteiger partial charge >= 0.3 is 0 Å².